The lowest BCUT2D eigenvalue weighted by molar-refractivity contribution is 0.916. The summed E-state index contributed by atoms with van der Waals surface area (Å²) in [6.07, 6.45) is 1.37. The molecule has 3 rings (SSSR count). The van der Waals surface area contributed by atoms with Crippen molar-refractivity contribution in [3.63, 3.8) is 0 Å². The van der Waals surface area contributed by atoms with Crippen LogP contribution in [0, 0.1) is 20.8 Å². The fourth-order valence-corrected chi connectivity index (χ4v) is 3.36. The van der Waals surface area contributed by atoms with E-state index in [1.54, 1.807) is 0 Å². The zero-order chi connectivity index (χ0) is 14.4. The summed E-state index contributed by atoms with van der Waals surface area (Å²) in [5.41, 5.74) is 4.23. The highest BCUT2D eigenvalue weighted by Gasteiger charge is 2.16. The van der Waals surface area contributed by atoms with Gasteiger partial charge in [0.2, 0.25) is 0 Å². The maximum absolute atomic E-state index is 12.3. The molecule has 20 heavy (non-hydrogen) atoms. The van der Waals surface area contributed by atoms with Gasteiger partial charge in [-0.3, -0.25) is 4.79 Å². The monoisotopic (exact) mass is 285 g/mol. The topological polar surface area (TPSA) is 60.9 Å². The molecular formula is C15H15N3OS. The molecule has 2 N–H and O–H groups in total. The second-order valence-corrected chi connectivity index (χ2v) is 6.17. The van der Waals surface area contributed by atoms with Gasteiger partial charge in [-0.05, 0) is 37.5 Å². The van der Waals surface area contributed by atoms with Gasteiger partial charge in [0.1, 0.15) is 11.2 Å². The Bertz CT molecular complexity index is 877. The normalized spacial score (nSPS) is 11.2. The van der Waals surface area contributed by atoms with Gasteiger partial charge in [0.15, 0.2) is 0 Å². The average Bonchev–Trinajstić information content (AvgIpc) is 2.74. The summed E-state index contributed by atoms with van der Waals surface area (Å²) in [6, 6.07) is 6.23. The van der Waals surface area contributed by atoms with Gasteiger partial charge in [0, 0.05) is 10.4 Å². The number of fused-ring (bicyclic) bond motifs is 1. The van der Waals surface area contributed by atoms with Crippen LogP contribution >= 0.6 is 11.3 Å². The Hall–Kier alpha value is -2.14. The van der Waals surface area contributed by atoms with Gasteiger partial charge in [-0.15, -0.1) is 11.3 Å². The van der Waals surface area contributed by atoms with Crippen LogP contribution in [0.15, 0.2) is 29.3 Å². The summed E-state index contributed by atoms with van der Waals surface area (Å²) >= 11 is 1.53. The Morgan fingerprint density at radius 2 is 1.95 bits per heavy atom. The molecule has 2 aromatic heterocycles. The van der Waals surface area contributed by atoms with Gasteiger partial charge in [-0.1, -0.05) is 18.2 Å². The zero-order valence-electron chi connectivity index (χ0n) is 11.6. The highest BCUT2D eigenvalue weighted by molar-refractivity contribution is 7.19. The second kappa shape index (κ2) is 4.45. The number of benzene rings is 1. The molecule has 3 aromatic rings. The van der Waals surface area contributed by atoms with E-state index in [1.165, 1.54) is 28.8 Å². The predicted molar refractivity (Wildman–Crippen MR) is 83.7 cm³/mol. The Morgan fingerprint density at radius 3 is 2.65 bits per heavy atom. The molecule has 0 saturated heterocycles. The number of nitrogen functional groups attached to an aromatic ring is 1. The summed E-state index contributed by atoms with van der Waals surface area (Å²) in [6.45, 7) is 6.16. The molecule has 0 fully saturated rings. The molecule has 0 amide bonds. The molecule has 0 spiro atoms. The van der Waals surface area contributed by atoms with Crippen molar-refractivity contribution in [1.29, 1.82) is 0 Å². The van der Waals surface area contributed by atoms with E-state index in [9.17, 15) is 4.79 Å². The first kappa shape index (κ1) is 12.9. The van der Waals surface area contributed by atoms with Crippen LogP contribution in [0.4, 0.5) is 0 Å². The molecule has 0 aliphatic carbocycles. The zero-order valence-corrected chi connectivity index (χ0v) is 12.4. The number of aromatic nitrogens is 2. The summed E-state index contributed by atoms with van der Waals surface area (Å²) in [5, 5.41) is 0.612. The van der Waals surface area contributed by atoms with Gasteiger partial charge >= 0.3 is 0 Å². The van der Waals surface area contributed by atoms with E-state index in [0.717, 1.165) is 25.5 Å². The van der Waals surface area contributed by atoms with Gasteiger partial charge in [0.05, 0.1) is 5.39 Å². The van der Waals surface area contributed by atoms with E-state index < -0.39 is 0 Å². The number of hydrogen-bond acceptors (Lipinski definition) is 4. The number of nitrogens with two attached hydrogens (primary N) is 1. The van der Waals surface area contributed by atoms with E-state index in [2.05, 4.69) is 31.0 Å². The Balaban J connectivity index is 2.41. The van der Waals surface area contributed by atoms with E-state index in [4.69, 9.17) is 5.84 Å². The maximum Gasteiger partial charge on any atom is 0.281 e. The number of nitrogens with zero attached hydrogens (tertiary/aromatic N) is 2. The fraction of sp³-hybridized carbons (Fsp3) is 0.200. The Kier molecular flexibility index (Phi) is 2.87. The van der Waals surface area contributed by atoms with Crippen LogP contribution in [0.1, 0.15) is 16.0 Å². The van der Waals surface area contributed by atoms with Crippen molar-refractivity contribution in [2.45, 2.75) is 20.8 Å². The first-order chi connectivity index (χ1) is 9.49. The van der Waals surface area contributed by atoms with E-state index in [1.807, 2.05) is 13.0 Å². The summed E-state index contributed by atoms with van der Waals surface area (Å²) < 4.78 is 1.04. The van der Waals surface area contributed by atoms with E-state index in [0.29, 0.717) is 5.39 Å². The van der Waals surface area contributed by atoms with Crippen molar-refractivity contribution in [1.82, 2.24) is 9.66 Å². The standard InChI is InChI=1S/C15H15N3OS/c1-8-4-5-11(6-9(8)2)12-10(3)20-14-13(12)15(19)18(16)7-17-14/h4-7H,16H2,1-3H3. The molecule has 0 radical (unpaired) electrons. The number of hydrogen-bond donors (Lipinski definition) is 1. The molecular weight excluding hydrogens is 270 g/mol. The molecule has 0 unspecified atom stereocenters. The second-order valence-electron chi connectivity index (χ2n) is 4.97. The summed E-state index contributed by atoms with van der Waals surface area (Å²) in [7, 11) is 0. The van der Waals surface area contributed by atoms with E-state index >= 15 is 0 Å². The quantitative estimate of drug-likeness (QED) is 0.699. The number of aryl methyl sites for hydroxylation is 3. The third-order valence-corrected chi connectivity index (χ3v) is 4.62. The van der Waals surface area contributed by atoms with Crippen molar-refractivity contribution >= 4 is 21.6 Å². The minimum absolute atomic E-state index is 0.201. The number of rotatable bonds is 1. The lowest BCUT2D eigenvalue weighted by Gasteiger charge is -2.06. The smallest absolute Gasteiger partial charge is 0.281 e. The lowest BCUT2D eigenvalue weighted by atomic mass is 9.99. The van der Waals surface area contributed by atoms with Crippen LogP contribution in [0.2, 0.25) is 0 Å². The van der Waals surface area contributed by atoms with Crippen molar-refractivity contribution in [3.8, 4) is 11.1 Å². The van der Waals surface area contributed by atoms with E-state index in [-0.39, 0.29) is 5.56 Å². The molecule has 0 bridgehead atoms. The van der Waals surface area contributed by atoms with Crippen LogP contribution in [-0.4, -0.2) is 9.66 Å². The van der Waals surface area contributed by atoms with Gasteiger partial charge in [-0.25, -0.2) is 9.66 Å². The van der Waals surface area contributed by atoms with Crippen molar-refractivity contribution < 1.29 is 0 Å². The van der Waals surface area contributed by atoms with Crippen molar-refractivity contribution in [2.24, 2.45) is 0 Å². The third kappa shape index (κ3) is 1.82. The molecule has 1 aromatic carbocycles. The molecule has 2 heterocycles. The molecule has 0 saturated carbocycles. The molecule has 5 heteroatoms. The van der Waals surface area contributed by atoms with Crippen LogP contribution in [0.3, 0.4) is 0 Å². The first-order valence-electron chi connectivity index (χ1n) is 6.32. The molecule has 0 aliphatic heterocycles. The van der Waals surface area contributed by atoms with Crippen LogP contribution in [0.5, 0.6) is 0 Å². The van der Waals surface area contributed by atoms with Gasteiger partial charge in [0.25, 0.3) is 5.56 Å². The van der Waals surface area contributed by atoms with Crippen LogP contribution in [-0.2, 0) is 0 Å². The average molecular weight is 285 g/mol. The van der Waals surface area contributed by atoms with Gasteiger partial charge < -0.3 is 5.84 Å². The summed E-state index contributed by atoms with van der Waals surface area (Å²) in [4.78, 5) is 18.4. The minimum Gasteiger partial charge on any atom is -0.335 e. The Morgan fingerprint density at radius 1 is 1.20 bits per heavy atom. The molecule has 102 valence electrons. The fourth-order valence-electron chi connectivity index (χ4n) is 2.36. The summed E-state index contributed by atoms with van der Waals surface area (Å²) in [5.74, 6) is 5.64. The Labute approximate surface area is 120 Å². The SMILES string of the molecule is Cc1ccc(-c2c(C)sc3ncn(N)c(=O)c23)cc1C. The van der Waals surface area contributed by atoms with Crippen molar-refractivity contribution in [2.75, 3.05) is 5.84 Å². The molecule has 0 atom stereocenters. The van der Waals surface area contributed by atoms with Crippen LogP contribution in [0.25, 0.3) is 21.3 Å². The number of thiophene rings is 1. The highest BCUT2D eigenvalue weighted by atomic mass is 32.1. The lowest BCUT2D eigenvalue weighted by Crippen LogP contribution is -2.26. The minimum atomic E-state index is -0.201. The molecule has 4 nitrogen and oxygen atoms in total. The maximum atomic E-state index is 12.3. The highest BCUT2D eigenvalue weighted by Crippen LogP contribution is 2.35. The molecule has 0 aliphatic rings. The van der Waals surface area contributed by atoms with Crippen molar-refractivity contribution in [3.05, 3.63) is 50.9 Å². The third-order valence-electron chi connectivity index (χ3n) is 3.61. The van der Waals surface area contributed by atoms with Gasteiger partial charge in [-0.2, -0.15) is 0 Å². The largest absolute Gasteiger partial charge is 0.335 e. The predicted octanol–water partition coefficient (Wildman–Crippen LogP) is 2.76. The first-order valence-corrected chi connectivity index (χ1v) is 7.14. The van der Waals surface area contributed by atoms with Crippen LogP contribution < -0.4 is 11.4 Å².